The number of aryl methyl sites for hydroxylation is 1. The summed E-state index contributed by atoms with van der Waals surface area (Å²) >= 11 is 0. The average Bonchev–Trinajstić information content (AvgIpc) is 2.26. The Hall–Kier alpha value is -0.920. The molecule has 2 rings (SSSR count). The van der Waals surface area contributed by atoms with Crippen molar-refractivity contribution in [2.24, 2.45) is 0 Å². The molecule has 1 heterocycles. The van der Waals surface area contributed by atoms with E-state index in [1.54, 1.807) is 19.1 Å². The Balaban J connectivity index is 2.17. The summed E-state index contributed by atoms with van der Waals surface area (Å²) in [6.45, 7) is 3.52. The van der Waals surface area contributed by atoms with Crippen molar-refractivity contribution in [2.75, 3.05) is 18.8 Å². The van der Waals surface area contributed by atoms with Gasteiger partial charge in [-0.25, -0.2) is 16.8 Å². The van der Waals surface area contributed by atoms with Crippen molar-refractivity contribution < 1.29 is 16.8 Å². The summed E-state index contributed by atoms with van der Waals surface area (Å²) in [6, 6.07) is 6.63. The first-order valence-electron chi connectivity index (χ1n) is 6.06. The van der Waals surface area contributed by atoms with Crippen molar-refractivity contribution in [3.63, 3.8) is 0 Å². The van der Waals surface area contributed by atoms with Gasteiger partial charge in [-0.3, -0.25) is 0 Å². The largest absolute Gasteiger partial charge is 0.243 e. The number of nitrogens with zero attached hydrogens (tertiary/aromatic N) is 1. The number of sulfone groups is 1. The summed E-state index contributed by atoms with van der Waals surface area (Å²) in [7, 11) is -6.71. The highest BCUT2D eigenvalue weighted by Gasteiger charge is 2.42. The first kappa shape index (κ1) is 14.5. The summed E-state index contributed by atoms with van der Waals surface area (Å²) in [4.78, 5) is 0.222. The minimum absolute atomic E-state index is 0.0516. The number of hydrogen-bond acceptors (Lipinski definition) is 4. The molecule has 19 heavy (non-hydrogen) atoms. The third-order valence-electron chi connectivity index (χ3n) is 3.35. The predicted octanol–water partition coefficient (Wildman–Crippen LogP) is 0.803. The van der Waals surface area contributed by atoms with Crippen molar-refractivity contribution in [3.05, 3.63) is 29.8 Å². The van der Waals surface area contributed by atoms with Crippen molar-refractivity contribution in [1.82, 2.24) is 4.31 Å². The Morgan fingerprint density at radius 2 is 1.84 bits per heavy atom. The lowest BCUT2D eigenvalue weighted by Gasteiger charge is -2.37. The molecule has 0 unspecified atom stereocenters. The van der Waals surface area contributed by atoms with E-state index in [0.717, 1.165) is 5.56 Å². The van der Waals surface area contributed by atoms with Crippen LogP contribution < -0.4 is 0 Å². The summed E-state index contributed by atoms with van der Waals surface area (Å²) in [5, 5.41) is -0.558. The summed E-state index contributed by atoms with van der Waals surface area (Å²) < 4.78 is 49.0. The molecule has 5 nitrogen and oxygen atoms in total. The minimum atomic E-state index is -3.56. The molecule has 0 amide bonds. The fourth-order valence-electron chi connectivity index (χ4n) is 1.98. The fourth-order valence-corrected chi connectivity index (χ4v) is 5.09. The minimum Gasteiger partial charge on any atom is -0.228 e. The number of hydrogen-bond donors (Lipinski definition) is 0. The topological polar surface area (TPSA) is 71.5 Å². The van der Waals surface area contributed by atoms with E-state index in [1.165, 1.54) is 10.4 Å². The van der Waals surface area contributed by atoms with Gasteiger partial charge in [0.05, 0.1) is 10.1 Å². The van der Waals surface area contributed by atoms with Gasteiger partial charge in [0.2, 0.25) is 10.0 Å². The van der Waals surface area contributed by atoms with Gasteiger partial charge in [0.15, 0.2) is 9.84 Å². The van der Waals surface area contributed by atoms with E-state index in [2.05, 4.69) is 0 Å². The highest BCUT2D eigenvalue weighted by molar-refractivity contribution is 7.92. The maximum atomic E-state index is 12.3. The van der Waals surface area contributed by atoms with Gasteiger partial charge in [0.1, 0.15) is 0 Å². The van der Waals surface area contributed by atoms with Gasteiger partial charge in [-0.05, 0) is 24.6 Å². The second-order valence-electron chi connectivity index (χ2n) is 4.71. The Bertz CT molecular complexity index is 673. The molecule has 1 fully saturated rings. The molecule has 106 valence electrons. The summed E-state index contributed by atoms with van der Waals surface area (Å²) in [6.07, 6.45) is 0. The van der Waals surface area contributed by atoms with Gasteiger partial charge in [-0.2, -0.15) is 4.31 Å². The second kappa shape index (κ2) is 4.88. The molecular weight excluding hydrogens is 286 g/mol. The van der Waals surface area contributed by atoms with Gasteiger partial charge >= 0.3 is 0 Å². The molecule has 0 aliphatic carbocycles. The average molecular weight is 303 g/mol. The summed E-state index contributed by atoms with van der Waals surface area (Å²) in [5.41, 5.74) is 0.860. The van der Waals surface area contributed by atoms with Crippen LogP contribution >= 0.6 is 0 Å². The zero-order valence-electron chi connectivity index (χ0n) is 10.9. The van der Waals surface area contributed by atoms with Crippen LogP contribution in [0.3, 0.4) is 0 Å². The Morgan fingerprint density at radius 3 is 2.37 bits per heavy atom. The van der Waals surface area contributed by atoms with Gasteiger partial charge in [-0.1, -0.05) is 19.1 Å². The molecule has 0 spiro atoms. The molecule has 1 saturated heterocycles. The Morgan fingerprint density at radius 1 is 1.21 bits per heavy atom. The zero-order chi connectivity index (χ0) is 14.3. The van der Waals surface area contributed by atoms with Gasteiger partial charge in [-0.15, -0.1) is 0 Å². The number of sulfonamides is 1. The smallest absolute Gasteiger partial charge is 0.228 e. The molecule has 0 atom stereocenters. The lowest BCUT2D eigenvalue weighted by atomic mass is 10.2. The first-order valence-corrected chi connectivity index (χ1v) is 9.21. The molecule has 0 N–H and O–H groups in total. The van der Waals surface area contributed by atoms with E-state index in [1.807, 2.05) is 13.0 Å². The number of rotatable bonds is 4. The molecule has 1 aliphatic heterocycles. The van der Waals surface area contributed by atoms with Crippen LogP contribution in [0.25, 0.3) is 0 Å². The van der Waals surface area contributed by atoms with Crippen molar-refractivity contribution in [1.29, 1.82) is 0 Å². The van der Waals surface area contributed by atoms with E-state index in [9.17, 15) is 16.8 Å². The maximum absolute atomic E-state index is 12.3. The summed E-state index contributed by atoms with van der Waals surface area (Å²) in [5.74, 6) is 0.0516. The standard InChI is InChI=1S/C12H17NO4S2/c1-3-18(14,15)12-8-13(9-12)19(16,17)11-6-4-5-10(2)7-11/h4-7,12H,3,8-9H2,1-2H3. The van der Waals surface area contributed by atoms with Crippen LogP contribution in [0.4, 0.5) is 0 Å². The van der Waals surface area contributed by atoms with Crippen LogP contribution in [0, 0.1) is 6.92 Å². The maximum Gasteiger partial charge on any atom is 0.243 e. The van der Waals surface area contributed by atoms with Gasteiger partial charge < -0.3 is 0 Å². The Kier molecular flexibility index (Phi) is 3.72. The third kappa shape index (κ3) is 2.68. The lowest BCUT2D eigenvalue weighted by molar-refractivity contribution is 0.310. The predicted molar refractivity (Wildman–Crippen MR) is 73.2 cm³/mol. The highest BCUT2D eigenvalue weighted by atomic mass is 32.2. The van der Waals surface area contributed by atoms with Crippen molar-refractivity contribution >= 4 is 19.9 Å². The molecule has 1 aliphatic rings. The van der Waals surface area contributed by atoms with Crippen molar-refractivity contribution in [2.45, 2.75) is 24.0 Å². The number of benzene rings is 1. The monoisotopic (exact) mass is 303 g/mol. The lowest BCUT2D eigenvalue weighted by Crippen LogP contribution is -2.57. The quantitative estimate of drug-likeness (QED) is 0.825. The Labute approximate surface area is 114 Å². The fraction of sp³-hybridized carbons (Fsp3) is 0.500. The first-order chi connectivity index (χ1) is 8.77. The van der Waals surface area contributed by atoms with E-state index in [-0.39, 0.29) is 23.7 Å². The molecule has 1 aromatic carbocycles. The van der Waals surface area contributed by atoms with Crippen LogP contribution in [0.15, 0.2) is 29.2 Å². The molecule has 0 radical (unpaired) electrons. The molecule has 1 aromatic rings. The highest BCUT2D eigenvalue weighted by Crippen LogP contribution is 2.25. The van der Waals surface area contributed by atoms with Crippen LogP contribution in [0.2, 0.25) is 0 Å². The van der Waals surface area contributed by atoms with E-state index in [4.69, 9.17) is 0 Å². The third-order valence-corrected chi connectivity index (χ3v) is 7.30. The molecule has 7 heteroatoms. The van der Waals surface area contributed by atoms with Crippen LogP contribution in [0.1, 0.15) is 12.5 Å². The normalized spacial score (nSPS) is 18.2. The van der Waals surface area contributed by atoms with Gasteiger partial charge in [0.25, 0.3) is 0 Å². The van der Waals surface area contributed by atoms with Crippen molar-refractivity contribution in [3.8, 4) is 0 Å². The molecule has 0 saturated carbocycles. The van der Waals surface area contributed by atoms with Crippen LogP contribution in [-0.2, 0) is 19.9 Å². The van der Waals surface area contributed by atoms with Crippen LogP contribution in [-0.4, -0.2) is 45.2 Å². The van der Waals surface area contributed by atoms with E-state index in [0.29, 0.717) is 0 Å². The van der Waals surface area contributed by atoms with E-state index < -0.39 is 25.1 Å². The molecule has 0 aromatic heterocycles. The SMILES string of the molecule is CCS(=O)(=O)C1CN(S(=O)(=O)c2cccc(C)c2)C1. The van der Waals surface area contributed by atoms with E-state index >= 15 is 0 Å². The molecule has 0 bridgehead atoms. The zero-order valence-corrected chi connectivity index (χ0v) is 12.5. The van der Waals surface area contributed by atoms with Gasteiger partial charge in [0, 0.05) is 18.8 Å². The molecular formula is C12H17NO4S2. The second-order valence-corrected chi connectivity index (χ2v) is 9.22. The van der Waals surface area contributed by atoms with Crippen LogP contribution in [0.5, 0.6) is 0 Å².